The molecule has 6 nitrogen and oxygen atoms in total. The van der Waals surface area contributed by atoms with Crippen molar-refractivity contribution in [3.8, 4) is 0 Å². The van der Waals surface area contributed by atoms with Crippen LogP contribution >= 0.6 is 0 Å². The van der Waals surface area contributed by atoms with Crippen LogP contribution < -0.4 is 5.32 Å². The van der Waals surface area contributed by atoms with Crippen molar-refractivity contribution in [3.63, 3.8) is 0 Å². The smallest absolute Gasteiger partial charge is 0.307 e. The van der Waals surface area contributed by atoms with E-state index in [0.717, 1.165) is 31.2 Å². The summed E-state index contributed by atoms with van der Waals surface area (Å²) < 4.78 is 0. The number of aliphatic carboxylic acids is 1. The molecule has 2 atom stereocenters. The highest BCUT2D eigenvalue weighted by atomic mass is 16.4. The summed E-state index contributed by atoms with van der Waals surface area (Å²) in [5.41, 5.74) is 0.824. The molecule has 2 aliphatic rings. The maximum Gasteiger partial charge on any atom is 0.307 e. The molecular formula is C21H28N2O4. The van der Waals surface area contributed by atoms with E-state index in [0.29, 0.717) is 19.5 Å². The molecule has 27 heavy (non-hydrogen) atoms. The van der Waals surface area contributed by atoms with Gasteiger partial charge in [-0.2, -0.15) is 0 Å². The first kappa shape index (κ1) is 19.4. The van der Waals surface area contributed by atoms with Crippen LogP contribution in [0.2, 0.25) is 0 Å². The lowest BCUT2D eigenvalue weighted by Crippen LogP contribution is -2.51. The number of rotatable bonds is 7. The van der Waals surface area contributed by atoms with Crippen LogP contribution in [0, 0.1) is 11.3 Å². The Kier molecular flexibility index (Phi) is 5.82. The number of hydrogen-bond acceptors (Lipinski definition) is 3. The molecule has 2 N–H and O–H groups in total. The molecule has 0 bridgehead atoms. The van der Waals surface area contributed by atoms with Gasteiger partial charge in [0, 0.05) is 13.1 Å². The Morgan fingerprint density at radius 1 is 1.22 bits per heavy atom. The first-order valence-electron chi connectivity index (χ1n) is 9.80. The van der Waals surface area contributed by atoms with Gasteiger partial charge in [-0.15, -0.1) is 0 Å². The average Bonchev–Trinajstić information content (AvgIpc) is 3.36. The van der Waals surface area contributed by atoms with Crippen LogP contribution in [0.3, 0.4) is 0 Å². The molecule has 0 radical (unpaired) electrons. The molecule has 1 aliphatic heterocycles. The number of amides is 2. The van der Waals surface area contributed by atoms with E-state index >= 15 is 0 Å². The molecule has 3 rings (SSSR count). The molecule has 2 fully saturated rings. The van der Waals surface area contributed by atoms with Gasteiger partial charge < -0.3 is 15.3 Å². The second-order valence-corrected chi connectivity index (χ2v) is 7.85. The summed E-state index contributed by atoms with van der Waals surface area (Å²) in [4.78, 5) is 38.3. The van der Waals surface area contributed by atoms with Gasteiger partial charge in [-0.25, -0.2) is 0 Å². The van der Waals surface area contributed by atoms with Crippen LogP contribution in [-0.4, -0.2) is 46.9 Å². The Hall–Kier alpha value is -2.37. The molecule has 6 heteroatoms. The van der Waals surface area contributed by atoms with E-state index in [9.17, 15) is 19.5 Å². The molecule has 1 saturated heterocycles. The van der Waals surface area contributed by atoms with Gasteiger partial charge in [0.1, 0.15) is 6.04 Å². The summed E-state index contributed by atoms with van der Waals surface area (Å²) in [5, 5.41) is 12.1. The summed E-state index contributed by atoms with van der Waals surface area (Å²) in [6, 6.07) is 8.98. The minimum absolute atomic E-state index is 0.0411. The van der Waals surface area contributed by atoms with Gasteiger partial charge in [-0.1, -0.05) is 43.7 Å². The molecule has 1 spiro atoms. The number of benzene rings is 1. The highest BCUT2D eigenvalue weighted by Gasteiger charge is 2.59. The van der Waals surface area contributed by atoms with Crippen LogP contribution in [0.15, 0.2) is 30.3 Å². The molecule has 1 saturated carbocycles. The number of carbonyl (C=O) groups is 3. The second-order valence-electron chi connectivity index (χ2n) is 7.85. The van der Waals surface area contributed by atoms with Crippen LogP contribution in [0.25, 0.3) is 0 Å². The summed E-state index contributed by atoms with van der Waals surface area (Å²) in [7, 11) is 0. The standard InChI is InChI=1S/C21H28N2O4/c1-2-6-17(22-18(24)13-15-7-4-3-5-8-15)19(25)23-11-9-21(10-12-23)14-16(21)20(26)27/h3-5,7-8,16-17H,2,6,9-14H2,1H3,(H,22,24)(H,26,27). The lowest BCUT2D eigenvalue weighted by atomic mass is 9.90. The molecule has 1 heterocycles. The maximum atomic E-state index is 12.9. The quantitative estimate of drug-likeness (QED) is 0.768. The molecule has 1 aromatic carbocycles. The molecular weight excluding hydrogens is 344 g/mol. The van der Waals surface area contributed by atoms with E-state index < -0.39 is 12.0 Å². The third kappa shape index (κ3) is 4.49. The molecule has 2 unspecified atom stereocenters. The fraction of sp³-hybridized carbons (Fsp3) is 0.571. The molecule has 1 aliphatic carbocycles. The molecule has 2 amide bonds. The largest absolute Gasteiger partial charge is 0.481 e. The topological polar surface area (TPSA) is 86.7 Å². The van der Waals surface area contributed by atoms with Gasteiger partial charge in [0.2, 0.25) is 11.8 Å². The highest BCUT2D eigenvalue weighted by molar-refractivity contribution is 5.88. The van der Waals surface area contributed by atoms with Crippen molar-refractivity contribution >= 4 is 17.8 Å². The van der Waals surface area contributed by atoms with Crippen LogP contribution in [-0.2, 0) is 20.8 Å². The number of carbonyl (C=O) groups excluding carboxylic acids is 2. The van der Waals surface area contributed by atoms with Crippen molar-refractivity contribution in [3.05, 3.63) is 35.9 Å². The Bertz CT molecular complexity index is 695. The summed E-state index contributed by atoms with van der Waals surface area (Å²) in [5.74, 6) is -1.14. The van der Waals surface area contributed by atoms with Gasteiger partial charge in [-0.3, -0.25) is 14.4 Å². The van der Waals surface area contributed by atoms with Gasteiger partial charge in [-0.05, 0) is 36.7 Å². The van der Waals surface area contributed by atoms with Gasteiger partial charge >= 0.3 is 5.97 Å². The minimum Gasteiger partial charge on any atom is -0.481 e. The van der Waals surface area contributed by atoms with E-state index in [1.807, 2.05) is 37.3 Å². The summed E-state index contributed by atoms with van der Waals surface area (Å²) >= 11 is 0. The van der Waals surface area contributed by atoms with E-state index in [1.165, 1.54) is 0 Å². The number of hydrogen-bond donors (Lipinski definition) is 2. The van der Waals surface area contributed by atoms with Crippen molar-refractivity contribution in [1.82, 2.24) is 10.2 Å². The Labute approximate surface area is 159 Å². The molecule has 0 aromatic heterocycles. The van der Waals surface area contributed by atoms with E-state index in [4.69, 9.17) is 0 Å². The summed E-state index contributed by atoms with van der Waals surface area (Å²) in [6.07, 6.45) is 3.90. The van der Waals surface area contributed by atoms with Crippen LogP contribution in [0.1, 0.15) is 44.6 Å². The summed E-state index contributed by atoms with van der Waals surface area (Å²) in [6.45, 7) is 3.16. The Morgan fingerprint density at radius 3 is 2.44 bits per heavy atom. The van der Waals surface area contributed by atoms with Crippen molar-refractivity contribution in [2.75, 3.05) is 13.1 Å². The second kappa shape index (κ2) is 8.11. The lowest BCUT2D eigenvalue weighted by Gasteiger charge is -2.35. The zero-order valence-electron chi connectivity index (χ0n) is 15.8. The highest BCUT2D eigenvalue weighted by Crippen LogP contribution is 2.59. The molecule has 146 valence electrons. The Balaban J connectivity index is 1.54. The maximum absolute atomic E-state index is 12.9. The van der Waals surface area contributed by atoms with Crippen LogP contribution in [0.4, 0.5) is 0 Å². The SMILES string of the molecule is CCCC(NC(=O)Cc1ccccc1)C(=O)N1CCC2(CC1)CC2C(=O)O. The zero-order chi connectivity index (χ0) is 19.4. The monoisotopic (exact) mass is 372 g/mol. The predicted molar refractivity (Wildman–Crippen MR) is 101 cm³/mol. The van der Waals surface area contributed by atoms with Crippen molar-refractivity contribution in [1.29, 1.82) is 0 Å². The van der Waals surface area contributed by atoms with Gasteiger partial charge in [0.25, 0.3) is 0 Å². The van der Waals surface area contributed by atoms with Crippen molar-refractivity contribution < 1.29 is 19.5 Å². The number of piperidine rings is 1. The van der Waals surface area contributed by atoms with Crippen LogP contribution in [0.5, 0.6) is 0 Å². The number of likely N-dealkylation sites (tertiary alicyclic amines) is 1. The first-order valence-corrected chi connectivity index (χ1v) is 9.80. The van der Waals surface area contributed by atoms with Gasteiger partial charge in [0.05, 0.1) is 12.3 Å². The number of nitrogens with zero attached hydrogens (tertiary/aromatic N) is 1. The van der Waals surface area contributed by atoms with E-state index in [2.05, 4.69) is 5.32 Å². The lowest BCUT2D eigenvalue weighted by molar-refractivity contribution is -0.140. The average molecular weight is 372 g/mol. The van der Waals surface area contributed by atoms with E-state index in [1.54, 1.807) is 4.90 Å². The van der Waals surface area contributed by atoms with Gasteiger partial charge in [0.15, 0.2) is 0 Å². The van der Waals surface area contributed by atoms with E-state index in [-0.39, 0.29) is 29.6 Å². The zero-order valence-corrected chi connectivity index (χ0v) is 15.8. The fourth-order valence-electron chi connectivity index (χ4n) is 4.21. The number of carboxylic acid groups (broad SMARTS) is 1. The van der Waals surface area contributed by atoms with Crippen molar-refractivity contribution in [2.24, 2.45) is 11.3 Å². The third-order valence-electron chi connectivity index (χ3n) is 5.98. The third-order valence-corrected chi connectivity index (χ3v) is 5.98. The Morgan fingerprint density at radius 2 is 1.89 bits per heavy atom. The van der Waals surface area contributed by atoms with Crippen molar-refractivity contribution in [2.45, 2.75) is 51.5 Å². The fourth-order valence-corrected chi connectivity index (χ4v) is 4.21. The predicted octanol–water partition coefficient (Wildman–Crippen LogP) is 2.23. The minimum atomic E-state index is -0.716. The first-order chi connectivity index (χ1) is 12.9. The molecule has 1 aromatic rings. The number of nitrogens with one attached hydrogen (secondary N) is 1. The number of carboxylic acids is 1. The normalized spacial score (nSPS) is 21.5.